The highest BCUT2D eigenvalue weighted by Gasteiger charge is 2.26. The van der Waals surface area contributed by atoms with Gasteiger partial charge in [-0.05, 0) is 39.5 Å². The van der Waals surface area contributed by atoms with E-state index >= 15 is 0 Å². The standard InChI is InChI=1S/C31H58N2O5/c1-4-5-6-7-8-9-10-11-12-13-14-15-18-21-31(36)37-26-29(34)32-23-19-16-17-20-30(35)33-24-22-28(25-33)38-27(2)3/h27-28H,4-26H2,1-3H3,(H,32,34). The second-order valence-corrected chi connectivity index (χ2v) is 11.2. The third-order valence-electron chi connectivity index (χ3n) is 7.20. The van der Waals surface area contributed by atoms with E-state index in [1.807, 2.05) is 18.7 Å². The van der Waals surface area contributed by atoms with Crippen molar-refractivity contribution in [3.05, 3.63) is 0 Å². The molecule has 1 atom stereocenters. The average molecular weight is 539 g/mol. The van der Waals surface area contributed by atoms with E-state index in [4.69, 9.17) is 9.47 Å². The van der Waals surface area contributed by atoms with Crippen molar-refractivity contribution in [1.82, 2.24) is 10.2 Å². The largest absolute Gasteiger partial charge is 0.456 e. The van der Waals surface area contributed by atoms with Gasteiger partial charge in [-0.15, -0.1) is 0 Å². The summed E-state index contributed by atoms with van der Waals surface area (Å²) >= 11 is 0. The first kappa shape index (κ1) is 34.4. The highest BCUT2D eigenvalue weighted by atomic mass is 16.5. The van der Waals surface area contributed by atoms with Crippen LogP contribution in [0.3, 0.4) is 0 Å². The van der Waals surface area contributed by atoms with E-state index < -0.39 is 0 Å². The molecule has 1 aliphatic rings. The molecule has 1 N–H and O–H groups in total. The van der Waals surface area contributed by atoms with Gasteiger partial charge in [0.05, 0.1) is 12.2 Å². The first-order valence-electron chi connectivity index (χ1n) is 15.8. The van der Waals surface area contributed by atoms with Crippen molar-refractivity contribution in [2.24, 2.45) is 0 Å². The molecular formula is C31H58N2O5. The summed E-state index contributed by atoms with van der Waals surface area (Å²) in [6.07, 6.45) is 21.2. The van der Waals surface area contributed by atoms with Crippen molar-refractivity contribution in [2.45, 2.75) is 155 Å². The number of amides is 2. The number of carbonyl (C=O) groups excluding carboxylic acids is 3. The molecule has 1 aliphatic heterocycles. The number of hydrogen-bond acceptors (Lipinski definition) is 5. The summed E-state index contributed by atoms with van der Waals surface area (Å²) in [4.78, 5) is 38.0. The minimum Gasteiger partial charge on any atom is -0.456 e. The molecule has 0 bridgehead atoms. The monoisotopic (exact) mass is 538 g/mol. The van der Waals surface area contributed by atoms with Gasteiger partial charge < -0.3 is 19.7 Å². The summed E-state index contributed by atoms with van der Waals surface area (Å²) in [5, 5.41) is 2.79. The number of rotatable bonds is 24. The third kappa shape index (κ3) is 19.4. The minimum absolute atomic E-state index is 0.164. The molecule has 1 heterocycles. The second-order valence-electron chi connectivity index (χ2n) is 11.2. The number of ether oxygens (including phenoxy) is 2. The Bertz CT molecular complexity index is 625. The van der Waals surface area contributed by atoms with Crippen molar-refractivity contribution >= 4 is 17.8 Å². The summed E-state index contributed by atoms with van der Waals surface area (Å²) in [6, 6.07) is 0. The normalized spacial score (nSPS) is 15.3. The number of nitrogens with one attached hydrogen (secondary N) is 1. The number of likely N-dealkylation sites (tertiary alicyclic amines) is 1. The highest BCUT2D eigenvalue weighted by Crippen LogP contribution is 2.16. The van der Waals surface area contributed by atoms with Crippen LogP contribution in [0.4, 0.5) is 0 Å². The fourth-order valence-corrected chi connectivity index (χ4v) is 4.97. The van der Waals surface area contributed by atoms with E-state index in [1.54, 1.807) is 0 Å². The molecule has 222 valence electrons. The van der Waals surface area contributed by atoms with E-state index in [9.17, 15) is 14.4 Å². The lowest BCUT2D eigenvalue weighted by Crippen LogP contribution is -2.31. The first-order chi connectivity index (χ1) is 18.4. The molecule has 38 heavy (non-hydrogen) atoms. The van der Waals surface area contributed by atoms with Gasteiger partial charge in [-0.25, -0.2) is 0 Å². The maximum atomic E-state index is 12.3. The van der Waals surface area contributed by atoms with Crippen LogP contribution in [0, 0.1) is 0 Å². The Hall–Kier alpha value is -1.63. The predicted molar refractivity (Wildman–Crippen MR) is 154 cm³/mol. The van der Waals surface area contributed by atoms with Crippen LogP contribution in [0.25, 0.3) is 0 Å². The van der Waals surface area contributed by atoms with Crippen LogP contribution in [0.1, 0.15) is 143 Å². The molecule has 0 aromatic carbocycles. The topological polar surface area (TPSA) is 84.9 Å². The Kier molecular flexibility index (Phi) is 21.1. The van der Waals surface area contributed by atoms with Gasteiger partial charge in [0.1, 0.15) is 0 Å². The predicted octanol–water partition coefficient (Wildman–Crippen LogP) is 6.71. The number of hydrogen-bond donors (Lipinski definition) is 1. The lowest BCUT2D eigenvalue weighted by atomic mass is 10.0. The lowest BCUT2D eigenvalue weighted by molar-refractivity contribution is -0.148. The molecule has 0 saturated carbocycles. The van der Waals surface area contributed by atoms with E-state index in [0.29, 0.717) is 25.9 Å². The zero-order chi connectivity index (χ0) is 27.8. The van der Waals surface area contributed by atoms with Crippen LogP contribution < -0.4 is 5.32 Å². The minimum atomic E-state index is -0.287. The van der Waals surface area contributed by atoms with Gasteiger partial charge in [-0.3, -0.25) is 14.4 Å². The van der Waals surface area contributed by atoms with Crippen LogP contribution in [0.5, 0.6) is 0 Å². The fourth-order valence-electron chi connectivity index (χ4n) is 4.97. The van der Waals surface area contributed by atoms with Crippen LogP contribution in [-0.4, -0.2) is 61.1 Å². The summed E-state index contributed by atoms with van der Waals surface area (Å²) in [6.45, 7) is 8.12. The molecule has 2 amide bonds. The van der Waals surface area contributed by atoms with E-state index in [-0.39, 0.29) is 36.6 Å². The summed E-state index contributed by atoms with van der Waals surface area (Å²) < 4.78 is 10.9. The van der Waals surface area contributed by atoms with Gasteiger partial charge >= 0.3 is 5.97 Å². The third-order valence-corrected chi connectivity index (χ3v) is 7.20. The summed E-state index contributed by atoms with van der Waals surface area (Å²) in [7, 11) is 0. The van der Waals surface area contributed by atoms with Crippen molar-refractivity contribution in [3.8, 4) is 0 Å². The number of unbranched alkanes of at least 4 members (excludes halogenated alkanes) is 14. The van der Waals surface area contributed by atoms with Gasteiger partial charge in [-0.1, -0.05) is 90.4 Å². The van der Waals surface area contributed by atoms with Crippen LogP contribution in [-0.2, 0) is 23.9 Å². The average Bonchev–Trinajstić information content (AvgIpc) is 3.35. The molecule has 7 nitrogen and oxygen atoms in total. The maximum Gasteiger partial charge on any atom is 0.306 e. The molecule has 0 radical (unpaired) electrons. The molecule has 1 fully saturated rings. The highest BCUT2D eigenvalue weighted by molar-refractivity contribution is 5.80. The zero-order valence-corrected chi connectivity index (χ0v) is 24.9. The van der Waals surface area contributed by atoms with Crippen molar-refractivity contribution < 1.29 is 23.9 Å². The fraction of sp³-hybridized carbons (Fsp3) is 0.903. The molecule has 0 aromatic rings. The number of nitrogens with zero attached hydrogens (tertiary/aromatic N) is 1. The van der Waals surface area contributed by atoms with E-state index in [1.165, 1.54) is 70.6 Å². The Morgan fingerprint density at radius 3 is 1.95 bits per heavy atom. The number of esters is 1. The molecule has 1 saturated heterocycles. The summed E-state index contributed by atoms with van der Waals surface area (Å²) in [5.74, 6) is -0.350. The van der Waals surface area contributed by atoms with Gasteiger partial charge in [0.2, 0.25) is 5.91 Å². The van der Waals surface area contributed by atoms with Crippen molar-refractivity contribution in [1.29, 1.82) is 0 Å². The first-order valence-corrected chi connectivity index (χ1v) is 15.8. The molecular weight excluding hydrogens is 480 g/mol. The van der Waals surface area contributed by atoms with Gasteiger partial charge in [0.15, 0.2) is 6.61 Å². The van der Waals surface area contributed by atoms with Crippen LogP contribution in [0.15, 0.2) is 0 Å². The Labute approximate surface area is 233 Å². The zero-order valence-electron chi connectivity index (χ0n) is 24.9. The maximum absolute atomic E-state index is 12.3. The van der Waals surface area contributed by atoms with Crippen molar-refractivity contribution in [2.75, 3.05) is 26.2 Å². The molecule has 0 spiro atoms. The van der Waals surface area contributed by atoms with Gasteiger partial charge in [-0.2, -0.15) is 0 Å². The smallest absolute Gasteiger partial charge is 0.306 e. The Balaban J connectivity index is 1.86. The Morgan fingerprint density at radius 2 is 1.34 bits per heavy atom. The molecule has 7 heteroatoms. The van der Waals surface area contributed by atoms with Crippen molar-refractivity contribution in [3.63, 3.8) is 0 Å². The van der Waals surface area contributed by atoms with E-state index in [0.717, 1.165) is 45.1 Å². The molecule has 1 rings (SSSR count). The SMILES string of the molecule is CCCCCCCCCCCCCCCC(=O)OCC(=O)NCCCCCC(=O)N1CCC(OC(C)C)C1. The van der Waals surface area contributed by atoms with Crippen LogP contribution in [0.2, 0.25) is 0 Å². The quantitative estimate of drug-likeness (QED) is 0.109. The van der Waals surface area contributed by atoms with Crippen LogP contribution >= 0.6 is 0 Å². The lowest BCUT2D eigenvalue weighted by Gasteiger charge is -2.18. The number of carbonyl (C=O) groups is 3. The van der Waals surface area contributed by atoms with E-state index in [2.05, 4.69) is 12.2 Å². The summed E-state index contributed by atoms with van der Waals surface area (Å²) in [5.41, 5.74) is 0. The Morgan fingerprint density at radius 1 is 0.789 bits per heavy atom. The molecule has 1 unspecified atom stereocenters. The van der Waals surface area contributed by atoms with Gasteiger partial charge in [0.25, 0.3) is 5.91 Å². The molecule has 0 aromatic heterocycles. The second kappa shape index (κ2) is 23.3. The molecule has 0 aliphatic carbocycles. The van der Waals surface area contributed by atoms with Gasteiger partial charge in [0, 0.05) is 32.5 Å².